The van der Waals surface area contributed by atoms with Gasteiger partial charge in [-0.05, 0) is 42.8 Å². The predicted molar refractivity (Wildman–Crippen MR) is 78.2 cm³/mol. The molecule has 0 atom stereocenters. The maximum absolute atomic E-state index is 12.1. The number of sulfonamides is 1. The zero-order valence-corrected chi connectivity index (χ0v) is 12.1. The molecule has 0 bridgehead atoms. The molecule has 1 N–H and O–H groups in total. The molecule has 2 aromatic carbocycles. The van der Waals surface area contributed by atoms with Crippen LogP contribution in [0.1, 0.15) is 5.56 Å². The van der Waals surface area contributed by atoms with Gasteiger partial charge in [-0.25, -0.2) is 8.42 Å². The van der Waals surface area contributed by atoms with Crippen LogP contribution in [0.15, 0.2) is 47.4 Å². The van der Waals surface area contributed by atoms with Gasteiger partial charge in [-0.15, -0.1) is 0 Å². The summed E-state index contributed by atoms with van der Waals surface area (Å²) >= 11 is 11.6. The summed E-state index contributed by atoms with van der Waals surface area (Å²) in [6.07, 6.45) is 0. The van der Waals surface area contributed by atoms with Crippen LogP contribution in [0.3, 0.4) is 0 Å². The second-order valence-electron chi connectivity index (χ2n) is 3.91. The van der Waals surface area contributed by atoms with E-state index in [-0.39, 0.29) is 14.9 Å². The molecule has 3 nitrogen and oxygen atoms in total. The first-order valence-electron chi connectivity index (χ1n) is 5.28. The average molecular weight is 315 g/mol. The minimum absolute atomic E-state index is 0.0173. The van der Waals surface area contributed by atoms with Crippen molar-refractivity contribution in [2.75, 3.05) is 4.72 Å². The molecule has 0 heterocycles. The lowest BCUT2D eigenvalue weighted by atomic mass is 10.2. The minimum Gasteiger partial charge on any atom is -0.280 e. The maximum atomic E-state index is 12.1. The van der Waals surface area contributed by atoms with E-state index in [0.29, 0.717) is 5.69 Å². The smallest absolute Gasteiger partial charge is 0.261 e. The van der Waals surface area contributed by atoms with E-state index in [1.54, 1.807) is 24.3 Å². The van der Waals surface area contributed by atoms with E-state index in [1.165, 1.54) is 18.2 Å². The summed E-state index contributed by atoms with van der Waals surface area (Å²) in [5.74, 6) is 0. The number of benzene rings is 2. The van der Waals surface area contributed by atoms with Crippen LogP contribution < -0.4 is 4.72 Å². The quantitative estimate of drug-likeness (QED) is 0.931. The number of hydrogen-bond donors (Lipinski definition) is 1. The summed E-state index contributed by atoms with van der Waals surface area (Å²) in [5, 5.41) is 0.530. The van der Waals surface area contributed by atoms with Crippen molar-refractivity contribution in [2.24, 2.45) is 0 Å². The first kappa shape index (κ1) is 14.2. The Morgan fingerprint density at radius 2 is 1.47 bits per heavy atom. The van der Waals surface area contributed by atoms with Gasteiger partial charge in [0, 0.05) is 15.7 Å². The summed E-state index contributed by atoms with van der Waals surface area (Å²) in [6.45, 7) is 3.73. The molecular weight excluding hydrogens is 305 g/mol. The first-order valence-corrected chi connectivity index (χ1v) is 7.52. The molecule has 0 amide bonds. The molecule has 0 spiro atoms. The fourth-order valence-electron chi connectivity index (χ4n) is 1.47. The zero-order valence-electron chi connectivity index (χ0n) is 9.73. The minimum atomic E-state index is -3.71. The van der Waals surface area contributed by atoms with Crippen molar-refractivity contribution in [3.63, 3.8) is 0 Å². The maximum Gasteiger partial charge on any atom is 0.261 e. The lowest BCUT2D eigenvalue weighted by molar-refractivity contribution is 0.601. The second-order valence-corrected chi connectivity index (χ2v) is 6.46. The Balaban J connectivity index is 2.34. The van der Waals surface area contributed by atoms with Gasteiger partial charge in [0.15, 0.2) is 0 Å². The van der Waals surface area contributed by atoms with Crippen LogP contribution in [0, 0.1) is 6.92 Å². The Bertz CT molecular complexity index is 677. The van der Waals surface area contributed by atoms with Gasteiger partial charge >= 0.3 is 0 Å². The van der Waals surface area contributed by atoms with Crippen LogP contribution in [0.2, 0.25) is 10.0 Å². The van der Waals surface area contributed by atoms with Gasteiger partial charge in [0.1, 0.15) is 0 Å². The highest BCUT2D eigenvalue weighted by Gasteiger charge is 2.15. The molecule has 0 aliphatic carbocycles. The molecule has 0 aliphatic rings. The number of anilines is 1. The molecular formula is C13H10Cl2NO2S. The number of hydrogen-bond acceptors (Lipinski definition) is 2. The summed E-state index contributed by atoms with van der Waals surface area (Å²) in [7, 11) is -3.71. The SMILES string of the molecule is [CH2]c1ccc(NS(=O)(=O)c2cc(Cl)cc(Cl)c2)cc1. The van der Waals surface area contributed by atoms with Crippen LogP contribution >= 0.6 is 23.2 Å². The molecule has 0 fully saturated rings. The Morgan fingerprint density at radius 3 is 2.00 bits per heavy atom. The lowest BCUT2D eigenvalue weighted by Gasteiger charge is -2.09. The third-order valence-corrected chi connectivity index (χ3v) is 4.15. The second kappa shape index (κ2) is 5.41. The van der Waals surface area contributed by atoms with Crippen LogP contribution in [-0.2, 0) is 10.0 Å². The molecule has 0 saturated carbocycles. The normalized spacial score (nSPS) is 11.3. The van der Waals surface area contributed by atoms with Crippen molar-refractivity contribution in [3.8, 4) is 0 Å². The standard InChI is InChI=1S/C13H10Cl2NO2S/c1-9-2-4-12(5-3-9)16-19(17,18)13-7-10(14)6-11(15)8-13/h2-8,16H,1H2. The third-order valence-electron chi connectivity index (χ3n) is 2.35. The topological polar surface area (TPSA) is 46.2 Å². The molecule has 2 aromatic rings. The summed E-state index contributed by atoms with van der Waals surface area (Å²) < 4.78 is 26.7. The first-order chi connectivity index (χ1) is 8.87. The highest BCUT2D eigenvalue weighted by molar-refractivity contribution is 7.92. The predicted octanol–water partition coefficient (Wildman–Crippen LogP) is 3.98. The number of nitrogens with one attached hydrogen (secondary N) is 1. The van der Waals surface area contributed by atoms with E-state index in [9.17, 15) is 8.42 Å². The van der Waals surface area contributed by atoms with E-state index < -0.39 is 10.0 Å². The van der Waals surface area contributed by atoms with Crippen molar-refractivity contribution < 1.29 is 8.42 Å². The van der Waals surface area contributed by atoms with E-state index in [0.717, 1.165) is 5.56 Å². The van der Waals surface area contributed by atoms with E-state index >= 15 is 0 Å². The van der Waals surface area contributed by atoms with Gasteiger partial charge in [0.2, 0.25) is 0 Å². The molecule has 0 saturated heterocycles. The molecule has 2 rings (SSSR count). The lowest BCUT2D eigenvalue weighted by Crippen LogP contribution is -2.12. The molecule has 1 radical (unpaired) electrons. The molecule has 0 aliphatic heterocycles. The van der Waals surface area contributed by atoms with Crippen molar-refractivity contribution >= 4 is 38.9 Å². The number of halogens is 2. The van der Waals surface area contributed by atoms with Gasteiger partial charge in [0.25, 0.3) is 10.0 Å². The molecule has 0 aromatic heterocycles. The Morgan fingerprint density at radius 1 is 0.947 bits per heavy atom. The summed E-state index contributed by atoms with van der Waals surface area (Å²) in [5.41, 5.74) is 1.25. The van der Waals surface area contributed by atoms with Crippen molar-refractivity contribution in [3.05, 3.63) is 65.0 Å². The fourth-order valence-corrected chi connectivity index (χ4v) is 3.25. The van der Waals surface area contributed by atoms with Gasteiger partial charge in [-0.2, -0.15) is 0 Å². The molecule has 0 unspecified atom stereocenters. The fraction of sp³-hybridized carbons (Fsp3) is 0. The summed E-state index contributed by atoms with van der Waals surface area (Å²) in [6, 6.07) is 10.8. The van der Waals surface area contributed by atoms with E-state index in [1.807, 2.05) is 0 Å². The third kappa shape index (κ3) is 3.62. The molecule has 19 heavy (non-hydrogen) atoms. The number of rotatable bonds is 3. The van der Waals surface area contributed by atoms with Crippen LogP contribution in [0.4, 0.5) is 5.69 Å². The Kier molecular flexibility index (Phi) is 4.04. The van der Waals surface area contributed by atoms with Crippen LogP contribution in [-0.4, -0.2) is 8.42 Å². The summed E-state index contributed by atoms with van der Waals surface area (Å²) in [4.78, 5) is 0.0173. The van der Waals surface area contributed by atoms with Gasteiger partial charge in [0.05, 0.1) is 4.90 Å². The largest absolute Gasteiger partial charge is 0.280 e. The van der Waals surface area contributed by atoms with E-state index in [4.69, 9.17) is 23.2 Å². The zero-order chi connectivity index (χ0) is 14.0. The van der Waals surface area contributed by atoms with E-state index in [2.05, 4.69) is 11.6 Å². The van der Waals surface area contributed by atoms with Crippen molar-refractivity contribution in [1.29, 1.82) is 0 Å². The highest BCUT2D eigenvalue weighted by Crippen LogP contribution is 2.24. The van der Waals surface area contributed by atoms with Gasteiger partial charge in [-0.3, -0.25) is 4.72 Å². The molecule has 99 valence electrons. The van der Waals surface area contributed by atoms with Crippen LogP contribution in [0.25, 0.3) is 0 Å². The Hall–Kier alpha value is -1.23. The molecule has 6 heteroatoms. The highest BCUT2D eigenvalue weighted by atomic mass is 35.5. The Labute approximate surface area is 122 Å². The monoisotopic (exact) mass is 314 g/mol. The van der Waals surface area contributed by atoms with Gasteiger partial charge in [-0.1, -0.05) is 35.3 Å². The van der Waals surface area contributed by atoms with Crippen molar-refractivity contribution in [2.45, 2.75) is 4.90 Å². The van der Waals surface area contributed by atoms with Gasteiger partial charge < -0.3 is 0 Å². The van der Waals surface area contributed by atoms with Crippen molar-refractivity contribution in [1.82, 2.24) is 0 Å². The van der Waals surface area contributed by atoms with Crippen LogP contribution in [0.5, 0.6) is 0 Å². The average Bonchev–Trinajstić information content (AvgIpc) is 2.31.